The maximum atomic E-state index is 12.3. The van der Waals surface area contributed by atoms with Gasteiger partial charge in [0.1, 0.15) is 12.3 Å². The minimum Gasteiger partial charge on any atom is -0.495 e. The van der Waals surface area contributed by atoms with Gasteiger partial charge < -0.3 is 10.1 Å². The van der Waals surface area contributed by atoms with E-state index in [0.717, 1.165) is 16.7 Å². The molecule has 134 valence electrons. The summed E-state index contributed by atoms with van der Waals surface area (Å²) in [7, 11) is 1.52. The Labute approximate surface area is 155 Å². The second-order valence-electron chi connectivity index (χ2n) is 5.86. The number of rotatable bonds is 5. The Bertz CT molecular complexity index is 937. The van der Waals surface area contributed by atoms with Gasteiger partial charge in [0.2, 0.25) is 11.7 Å². The van der Waals surface area contributed by atoms with Gasteiger partial charge in [-0.2, -0.15) is 4.80 Å². The fourth-order valence-corrected chi connectivity index (χ4v) is 2.53. The van der Waals surface area contributed by atoms with E-state index in [1.165, 1.54) is 11.9 Å². The number of aryl methyl sites for hydroxylation is 2. The first-order valence-electron chi connectivity index (χ1n) is 7.95. The van der Waals surface area contributed by atoms with Gasteiger partial charge in [-0.25, -0.2) is 0 Å². The van der Waals surface area contributed by atoms with Crippen LogP contribution in [0.1, 0.15) is 11.1 Å². The number of nitrogens with zero attached hydrogens (tertiary/aromatic N) is 4. The number of anilines is 1. The third-order valence-electron chi connectivity index (χ3n) is 3.80. The fourth-order valence-electron chi connectivity index (χ4n) is 2.38. The number of methoxy groups -OCH3 is 1. The lowest BCUT2D eigenvalue weighted by Crippen LogP contribution is -2.21. The van der Waals surface area contributed by atoms with Gasteiger partial charge in [-0.05, 0) is 30.7 Å². The first-order valence-corrected chi connectivity index (χ1v) is 8.33. The van der Waals surface area contributed by atoms with Crippen LogP contribution in [0, 0.1) is 13.8 Å². The maximum absolute atomic E-state index is 12.3. The van der Waals surface area contributed by atoms with Crippen molar-refractivity contribution in [3.05, 3.63) is 52.5 Å². The van der Waals surface area contributed by atoms with Crippen molar-refractivity contribution < 1.29 is 9.53 Å². The number of ether oxygens (including phenoxy) is 1. The van der Waals surface area contributed by atoms with E-state index in [2.05, 4.69) is 20.7 Å². The molecular formula is C18H18ClN5O2. The molecule has 0 aliphatic rings. The molecule has 3 aromatic rings. The summed E-state index contributed by atoms with van der Waals surface area (Å²) in [6.07, 6.45) is 0. The number of halogens is 1. The van der Waals surface area contributed by atoms with Crippen molar-refractivity contribution in [3.8, 4) is 17.1 Å². The molecule has 0 aliphatic heterocycles. The van der Waals surface area contributed by atoms with Crippen LogP contribution in [0.4, 0.5) is 5.69 Å². The SMILES string of the molecule is COc1cc(Cl)c(C)cc1NC(=O)Cn1nnc(-c2ccc(C)cc2)n1. The van der Waals surface area contributed by atoms with E-state index in [-0.39, 0.29) is 12.5 Å². The van der Waals surface area contributed by atoms with Crippen LogP contribution in [0.25, 0.3) is 11.4 Å². The van der Waals surface area contributed by atoms with Gasteiger partial charge in [-0.15, -0.1) is 10.2 Å². The highest BCUT2D eigenvalue weighted by Gasteiger charge is 2.13. The molecule has 0 unspecified atom stereocenters. The van der Waals surface area contributed by atoms with Crippen molar-refractivity contribution in [1.29, 1.82) is 0 Å². The van der Waals surface area contributed by atoms with Crippen LogP contribution in [0.5, 0.6) is 5.75 Å². The maximum Gasteiger partial charge on any atom is 0.248 e. The topological polar surface area (TPSA) is 81.9 Å². The molecule has 0 fully saturated rings. The Kier molecular flexibility index (Phi) is 5.18. The van der Waals surface area contributed by atoms with Gasteiger partial charge in [-0.1, -0.05) is 41.4 Å². The molecule has 26 heavy (non-hydrogen) atoms. The average molecular weight is 372 g/mol. The lowest BCUT2D eigenvalue weighted by molar-refractivity contribution is -0.117. The van der Waals surface area contributed by atoms with Crippen LogP contribution >= 0.6 is 11.6 Å². The first-order chi connectivity index (χ1) is 12.5. The second-order valence-corrected chi connectivity index (χ2v) is 6.27. The van der Waals surface area contributed by atoms with Crippen molar-refractivity contribution in [3.63, 3.8) is 0 Å². The number of benzene rings is 2. The summed E-state index contributed by atoms with van der Waals surface area (Å²) >= 11 is 6.08. The normalized spacial score (nSPS) is 10.6. The molecular weight excluding hydrogens is 354 g/mol. The molecule has 1 amide bonds. The Morgan fingerprint density at radius 1 is 1.23 bits per heavy atom. The lowest BCUT2D eigenvalue weighted by atomic mass is 10.1. The van der Waals surface area contributed by atoms with E-state index in [1.54, 1.807) is 12.1 Å². The van der Waals surface area contributed by atoms with E-state index in [4.69, 9.17) is 16.3 Å². The van der Waals surface area contributed by atoms with Crippen LogP contribution in [0.2, 0.25) is 5.02 Å². The number of aromatic nitrogens is 4. The monoisotopic (exact) mass is 371 g/mol. The molecule has 1 aromatic heterocycles. The van der Waals surface area contributed by atoms with Gasteiger partial charge in [0, 0.05) is 16.7 Å². The molecule has 3 rings (SSSR count). The number of hydrogen-bond donors (Lipinski definition) is 1. The molecule has 0 radical (unpaired) electrons. The molecule has 8 heteroatoms. The van der Waals surface area contributed by atoms with Gasteiger partial charge >= 0.3 is 0 Å². The minimum absolute atomic E-state index is 0.0658. The Morgan fingerprint density at radius 2 is 1.96 bits per heavy atom. The summed E-state index contributed by atoms with van der Waals surface area (Å²) in [4.78, 5) is 13.6. The third kappa shape index (κ3) is 4.00. The van der Waals surface area contributed by atoms with Crippen molar-refractivity contribution >= 4 is 23.2 Å². The average Bonchev–Trinajstić information content (AvgIpc) is 3.06. The first kappa shape index (κ1) is 17.9. The fraction of sp³-hybridized carbons (Fsp3) is 0.222. The van der Waals surface area contributed by atoms with Crippen LogP contribution in [0.3, 0.4) is 0 Å². The quantitative estimate of drug-likeness (QED) is 0.744. The predicted molar refractivity (Wildman–Crippen MR) is 99.4 cm³/mol. The minimum atomic E-state index is -0.294. The van der Waals surface area contributed by atoms with Crippen LogP contribution in [0.15, 0.2) is 36.4 Å². The number of carbonyl (C=O) groups excluding carboxylic acids is 1. The molecule has 7 nitrogen and oxygen atoms in total. The molecule has 0 saturated carbocycles. The molecule has 0 bridgehead atoms. The second kappa shape index (κ2) is 7.53. The van der Waals surface area contributed by atoms with Gasteiger partial charge in [0.05, 0.1) is 12.8 Å². The van der Waals surface area contributed by atoms with E-state index >= 15 is 0 Å². The number of hydrogen-bond acceptors (Lipinski definition) is 5. The van der Waals surface area contributed by atoms with Crippen LogP contribution in [-0.2, 0) is 11.3 Å². The van der Waals surface area contributed by atoms with E-state index < -0.39 is 0 Å². The zero-order chi connectivity index (χ0) is 18.7. The number of carbonyl (C=O) groups is 1. The summed E-state index contributed by atoms with van der Waals surface area (Å²) in [5.74, 6) is 0.663. The molecule has 1 N–H and O–H groups in total. The van der Waals surface area contributed by atoms with E-state index in [0.29, 0.717) is 22.3 Å². The molecule has 0 spiro atoms. The van der Waals surface area contributed by atoms with Gasteiger partial charge in [0.25, 0.3) is 0 Å². The number of tetrazole rings is 1. The smallest absolute Gasteiger partial charge is 0.248 e. The third-order valence-corrected chi connectivity index (χ3v) is 4.21. The summed E-state index contributed by atoms with van der Waals surface area (Å²) < 4.78 is 5.25. The predicted octanol–water partition coefficient (Wildman–Crippen LogP) is 3.26. The Hall–Kier alpha value is -2.93. The van der Waals surface area contributed by atoms with E-state index in [9.17, 15) is 4.79 Å². The van der Waals surface area contributed by atoms with Gasteiger partial charge in [-0.3, -0.25) is 4.79 Å². The number of amides is 1. The zero-order valence-corrected chi connectivity index (χ0v) is 15.4. The van der Waals surface area contributed by atoms with Gasteiger partial charge in [0.15, 0.2) is 0 Å². The lowest BCUT2D eigenvalue weighted by Gasteiger charge is -2.11. The van der Waals surface area contributed by atoms with Crippen molar-refractivity contribution in [2.75, 3.05) is 12.4 Å². The Balaban J connectivity index is 1.71. The summed E-state index contributed by atoms with van der Waals surface area (Å²) in [6, 6.07) is 11.2. The summed E-state index contributed by atoms with van der Waals surface area (Å²) in [5.41, 5.74) is 3.37. The van der Waals surface area contributed by atoms with Crippen molar-refractivity contribution in [2.24, 2.45) is 0 Å². The summed E-state index contributed by atoms with van der Waals surface area (Å²) in [6.45, 7) is 3.79. The van der Waals surface area contributed by atoms with Crippen molar-refractivity contribution in [1.82, 2.24) is 20.2 Å². The highest BCUT2D eigenvalue weighted by molar-refractivity contribution is 6.31. The zero-order valence-electron chi connectivity index (χ0n) is 14.7. The van der Waals surface area contributed by atoms with Crippen LogP contribution in [-0.4, -0.2) is 33.2 Å². The highest BCUT2D eigenvalue weighted by atomic mass is 35.5. The van der Waals surface area contributed by atoms with E-state index in [1.807, 2.05) is 38.1 Å². The highest BCUT2D eigenvalue weighted by Crippen LogP contribution is 2.30. The molecule has 2 aromatic carbocycles. The largest absolute Gasteiger partial charge is 0.495 e. The van der Waals surface area contributed by atoms with Crippen LogP contribution < -0.4 is 10.1 Å². The number of nitrogens with one attached hydrogen (secondary N) is 1. The molecule has 0 aliphatic carbocycles. The molecule has 1 heterocycles. The molecule has 0 saturated heterocycles. The van der Waals surface area contributed by atoms with Crippen molar-refractivity contribution in [2.45, 2.75) is 20.4 Å². The Morgan fingerprint density at radius 3 is 2.65 bits per heavy atom. The summed E-state index contributed by atoms with van der Waals surface area (Å²) in [5, 5.41) is 15.5. The molecule has 0 atom stereocenters. The standard InChI is InChI=1S/C18H18ClN5O2/c1-11-4-6-13(7-5-11)18-21-23-24(22-18)10-17(25)20-15-8-12(2)14(19)9-16(15)26-3/h4-9H,10H2,1-3H3,(H,20,25).